The molecule has 0 amide bonds. The summed E-state index contributed by atoms with van der Waals surface area (Å²) >= 11 is 0. The number of aliphatic hydroxyl groups is 1. The Kier molecular flexibility index (Phi) is 3.10. The zero-order valence-corrected chi connectivity index (χ0v) is 9.48. The van der Waals surface area contributed by atoms with Crippen molar-refractivity contribution in [3.05, 3.63) is 0 Å². The summed E-state index contributed by atoms with van der Waals surface area (Å²) in [6.45, 7) is 0. The first-order chi connectivity index (χ1) is 8.39. The summed E-state index contributed by atoms with van der Waals surface area (Å²) in [6.07, 6.45) is -16.1. The Hall–Kier alpha value is -0.570. The molecule has 1 N–H and O–H groups in total. The number of hydrogen-bond acceptors (Lipinski definition) is 2. The summed E-state index contributed by atoms with van der Waals surface area (Å²) in [7, 11) is 0. The van der Waals surface area contributed by atoms with E-state index in [-0.39, 0.29) is 6.42 Å². The van der Waals surface area contributed by atoms with Crippen molar-refractivity contribution in [2.24, 2.45) is 0 Å². The largest absolute Gasteiger partial charge is 0.426 e. The van der Waals surface area contributed by atoms with E-state index >= 15 is 0 Å². The SMILES string of the molecule is OC(CC1(F)CC2CCC1O2)(C(F)(F)F)C(F)(F)F. The third kappa shape index (κ3) is 2.20. The van der Waals surface area contributed by atoms with E-state index < -0.39 is 48.7 Å². The van der Waals surface area contributed by atoms with E-state index in [9.17, 15) is 30.7 Å². The summed E-state index contributed by atoms with van der Waals surface area (Å²) in [5.41, 5.74) is -7.86. The van der Waals surface area contributed by atoms with Crippen LogP contribution < -0.4 is 0 Å². The average molecular weight is 296 g/mol. The molecular weight excluding hydrogens is 285 g/mol. The van der Waals surface area contributed by atoms with Gasteiger partial charge in [0.1, 0.15) is 5.67 Å². The molecule has 0 aliphatic carbocycles. The van der Waals surface area contributed by atoms with Gasteiger partial charge in [-0.05, 0) is 12.8 Å². The molecule has 19 heavy (non-hydrogen) atoms. The van der Waals surface area contributed by atoms with Crippen LogP contribution in [-0.2, 0) is 4.74 Å². The van der Waals surface area contributed by atoms with Crippen LogP contribution in [-0.4, -0.2) is 40.9 Å². The zero-order valence-electron chi connectivity index (χ0n) is 9.48. The van der Waals surface area contributed by atoms with Gasteiger partial charge in [0.25, 0.3) is 5.60 Å². The van der Waals surface area contributed by atoms with Crippen molar-refractivity contribution in [1.82, 2.24) is 0 Å². The summed E-state index contributed by atoms with van der Waals surface area (Å²) in [4.78, 5) is 0. The Labute approximate surface area is 103 Å². The van der Waals surface area contributed by atoms with Crippen molar-refractivity contribution in [3.8, 4) is 0 Å². The number of halogens is 7. The van der Waals surface area contributed by atoms with E-state index in [0.717, 1.165) is 0 Å². The molecule has 2 nitrogen and oxygen atoms in total. The molecule has 3 atom stereocenters. The van der Waals surface area contributed by atoms with E-state index in [1.807, 2.05) is 0 Å². The first-order valence-electron chi connectivity index (χ1n) is 5.59. The first kappa shape index (κ1) is 14.8. The van der Waals surface area contributed by atoms with Crippen molar-refractivity contribution < 1.29 is 40.6 Å². The smallest absolute Gasteiger partial charge is 0.374 e. The minimum atomic E-state index is -5.99. The quantitative estimate of drug-likeness (QED) is 0.794. The van der Waals surface area contributed by atoms with Crippen LogP contribution in [0.25, 0.3) is 0 Å². The minimum Gasteiger partial charge on any atom is -0.374 e. The summed E-state index contributed by atoms with van der Waals surface area (Å²) in [5.74, 6) is 0. The third-order valence-corrected chi connectivity index (χ3v) is 3.74. The highest BCUT2D eigenvalue weighted by molar-refractivity contribution is 5.08. The number of rotatable bonds is 2. The lowest BCUT2D eigenvalue weighted by molar-refractivity contribution is -0.377. The molecule has 0 radical (unpaired) electrons. The average Bonchev–Trinajstić information content (AvgIpc) is 2.72. The molecule has 3 unspecified atom stereocenters. The van der Waals surface area contributed by atoms with Crippen LogP contribution in [0.4, 0.5) is 30.7 Å². The van der Waals surface area contributed by atoms with Crippen LogP contribution in [0.2, 0.25) is 0 Å². The van der Waals surface area contributed by atoms with Crippen LogP contribution in [0.3, 0.4) is 0 Å². The molecule has 0 saturated carbocycles. The van der Waals surface area contributed by atoms with E-state index in [1.54, 1.807) is 0 Å². The van der Waals surface area contributed by atoms with Gasteiger partial charge < -0.3 is 9.84 Å². The molecule has 2 rings (SSSR count). The lowest BCUT2D eigenvalue weighted by Crippen LogP contribution is -2.61. The monoisotopic (exact) mass is 296 g/mol. The van der Waals surface area contributed by atoms with Crippen molar-refractivity contribution in [3.63, 3.8) is 0 Å². The van der Waals surface area contributed by atoms with Gasteiger partial charge in [-0.25, -0.2) is 4.39 Å². The second-order valence-electron chi connectivity index (χ2n) is 5.10. The summed E-state index contributed by atoms with van der Waals surface area (Å²) in [6, 6.07) is 0. The number of alkyl halides is 7. The van der Waals surface area contributed by atoms with Crippen LogP contribution in [0.5, 0.6) is 0 Å². The van der Waals surface area contributed by atoms with Gasteiger partial charge in [-0.15, -0.1) is 0 Å². The van der Waals surface area contributed by atoms with Crippen LogP contribution in [0.1, 0.15) is 25.7 Å². The molecule has 112 valence electrons. The lowest BCUT2D eigenvalue weighted by atomic mass is 9.77. The molecule has 0 aromatic carbocycles. The van der Waals surface area contributed by atoms with Gasteiger partial charge >= 0.3 is 12.4 Å². The molecule has 2 heterocycles. The second kappa shape index (κ2) is 3.97. The molecular formula is C10H11F7O2. The predicted molar refractivity (Wildman–Crippen MR) is 48.0 cm³/mol. The van der Waals surface area contributed by atoms with Crippen molar-refractivity contribution in [2.75, 3.05) is 0 Å². The predicted octanol–water partition coefficient (Wildman–Crippen LogP) is 2.89. The maximum absolute atomic E-state index is 14.3. The van der Waals surface area contributed by atoms with Gasteiger partial charge in [-0.2, -0.15) is 26.3 Å². The summed E-state index contributed by atoms with van der Waals surface area (Å²) in [5, 5.41) is 8.99. The second-order valence-corrected chi connectivity index (χ2v) is 5.10. The molecule has 0 aromatic heterocycles. The fourth-order valence-electron chi connectivity index (χ4n) is 2.72. The maximum Gasteiger partial charge on any atom is 0.426 e. The molecule has 2 bridgehead atoms. The van der Waals surface area contributed by atoms with Gasteiger partial charge in [0.2, 0.25) is 0 Å². The number of ether oxygens (including phenoxy) is 1. The van der Waals surface area contributed by atoms with Crippen LogP contribution in [0.15, 0.2) is 0 Å². The topological polar surface area (TPSA) is 29.5 Å². The number of hydrogen-bond donors (Lipinski definition) is 1. The van der Waals surface area contributed by atoms with Crippen LogP contribution in [0, 0.1) is 0 Å². The Bertz CT molecular complexity index is 350. The highest BCUT2D eigenvalue weighted by Gasteiger charge is 2.74. The Morgan fingerprint density at radius 2 is 1.58 bits per heavy atom. The molecule has 2 aliphatic heterocycles. The lowest BCUT2D eigenvalue weighted by Gasteiger charge is -2.38. The van der Waals surface area contributed by atoms with Crippen molar-refractivity contribution >= 4 is 0 Å². The van der Waals surface area contributed by atoms with E-state index in [4.69, 9.17) is 9.84 Å². The first-order valence-corrected chi connectivity index (χ1v) is 5.59. The third-order valence-electron chi connectivity index (χ3n) is 3.74. The standard InChI is InChI=1S/C10H11F7O2/c11-7(3-5-1-2-6(7)19-5)4-8(18,9(12,13)14)10(15,16)17/h5-6,18H,1-4H2. The minimum absolute atomic E-state index is 0.0625. The van der Waals surface area contributed by atoms with Crippen LogP contribution >= 0.6 is 0 Å². The molecule has 2 saturated heterocycles. The fourth-order valence-corrected chi connectivity index (χ4v) is 2.72. The van der Waals surface area contributed by atoms with E-state index in [2.05, 4.69) is 0 Å². The van der Waals surface area contributed by atoms with Crippen molar-refractivity contribution in [2.45, 2.75) is 61.5 Å². The maximum atomic E-state index is 14.3. The molecule has 9 heteroatoms. The van der Waals surface area contributed by atoms with Crippen molar-refractivity contribution in [1.29, 1.82) is 0 Å². The van der Waals surface area contributed by atoms with Gasteiger partial charge in [0.15, 0.2) is 0 Å². The van der Waals surface area contributed by atoms with E-state index in [1.165, 1.54) is 0 Å². The molecule has 2 fully saturated rings. The van der Waals surface area contributed by atoms with E-state index in [0.29, 0.717) is 6.42 Å². The normalized spacial score (nSPS) is 36.0. The Morgan fingerprint density at radius 3 is 1.89 bits per heavy atom. The zero-order chi connectivity index (χ0) is 14.7. The summed E-state index contributed by atoms with van der Waals surface area (Å²) < 4.78 is 94.1. The molecule has 0 spiro atoms. The van der Waals surface area contributed by atoms with Gasteiger partial charge in [-0.3, -0.25) is 0 Å². The fraction of sp³-hybridized carbons (Fsp3) is 1.00. The van der Waals surface area contributed by atoms with Gasteiger partial charge in [0.05, 0.1) is 12.2 Å². The van der Waals surface area contributed by atoms with Gasteiger partial charge in [0, 0.05) is 12.8 Å². The highest BCUT2D eigenvalue weighted by Crippen LogP contribution is 2.54. The number of fused-ring (bicyclic) bond motifs is 2. The Balaban J connectivity index is 2.28. The Morgan fingerprint density at radius 1 is 1.05 bits per heavy atom. The molecule has 0 aromatic rings. The molecule has 2 aliphatic rings. The highest BCUT2D eigenvalue weighted by atomic mass is 19.4. The van der Waals surface area contributed by atoms with Gasteiger partial charge in [-0.1, -0.05) is 0 Å².